The zero-order valence-corrected chi connectivity index (χ0v) is 3.94. The zero-order valence-electron chi connectivity index (χ0n) is 3.94. The van der Waals surface area contributed by atoms with E-state index in [-0.39, 0.29) is 5.76 Å². The Kier molecular flexibility index (Phi) is 1.34. The first kappa shape index (κ1) is 4.92. The predicted molar refractivity (Wildman–Crippen MR) is 25.5 cm³/mol. The van der Waals surface area contributed by atoms with Gasteiger partial charge in [0.05, 0.1) is 6.26 Å². The number of furan rings is 1. The zero-order chi connectivity index (χ0) is 5.82. The van der Waals surface area contributed by atoms with Crippen molar-refractivity contribution in [1.29, 1.82) is 0 Å². The molecule has 2 heteroatoms. The summed E-state index contributed by atoms with van der Waals surface area (Å²) < 4.78 is 15.7. The Morgan fingerprint density at radius 3 is 3.12 bits per heavy atom. The first-order valence-corrected chi connectivity index (χ1v) is 2.00. The highest BCUT2D eigenvalue weighted by Crippen LogP contribution is 1.94. The number of hydrogen-bond acceptors (Lipinski definition) is 1. The summed E-state index contributed by atoms with van der Waals surface area (Å²) in [5.74, 6) is 2.28. The molecule has 0 aromatic carbocycles. The lowest BCUT2D eigenvalue weighted by molar-refractivity contribution is 0.553. The van der Waals surface area contributed by atoms with Crippen molar-refractivity contribution in [2.24, 2.45) is 0 Å². The third-order valence-corrected chi connectivity index (χ3v) is 0.629. The van der Waals surface area contributed by atoms with Crippen LogP contribution in [0.2, 0.25) is 0 Å². The molecule has 0 atom stereocenters. The van der Waals surface area contributed by atoms with Gasteiger partial charge in [0.2, 0.25) is 0 Å². The smallest absolute Gasteiger partial charge is 0.187 e. The summed E-state index contributed by atoms with van der Waals surface area (Å²) in [7, 11) is 0. The van der Waals surface area contributed by atoms with E-state index < -0.39 is 0 Å². The van der Waals surface area contributed by atoms with Crippen molar-refractivity contribution in [3.63, 3.8) is 0 Å². The van der Waals surface area contributed by atoms with Crippen molar-refractivity contribution in [1.82, 2.24) is 0 Å². The molecule has 0 spiro atoms. The van der Waals surface area contributed by atoms with Crippen LogP contribution in [0.1, 0.15) is 5.76 Å². The van der Waals surface area contributed by atoms with Crippen molar-refractivity contribution in [3.8, 4) is 12.1 Å². The van der Waals surface area contributed by atoms with Gasteiger partial charge in [-0.05, 0) is 6.07 Å². The average molecular weight is 109 g/mol. The molecular weight excluding hydrogens is 107 g/mol. The molecule has 0 aliphatic rings. The van der Waals surface area contributed by atoms with E-state index in [4.69, 9.17) is 0 Å². The van der Waals surface area contributed by atoms with E-state index >= 15 is 0 Å². The molecule has 8 heavy (non-hydrogen) atoms. The molecule has 1 heterocycles. The maximum Gasteiger partial charge on any atom is 0.187 e. The van der Waals surface area contributed by atoms with Crippen LogP contribution >= 0.6 is 0 Å². The molecule has 1 nitrogen and oxygen atoms in total. The Balaban J connectivity index is 2.88. The summed E-state index contributed by atoms with van der Waals surface area (Å²) in [6.07, 6.45) is 2.58. The lowest BCUT2D eigenvalue weighted by Gasteiger charge is -1.69. The van der Waals surface area contributed by atoms with E-state index in [1.165, 1.54) is 18.5 Å². The van der Waals surface area contributed by atoms with E-state index in [0.717, 1.165) is 0 Å². The standard InChI is InChI=1S/C6H2FO/c7-4-3-6-2-1-5-8-6/h1,5H. The molecule has 0 fully saturated rings. The van der Waals surface area contributed by atoms with Crippen LogP contribution in [-0.4, -0.2) is 0 Å². The summed E-state index contributed by atoms with van der Waals surface area (Å²) in [4.78, 5) is 0. The number of halogens is 1. The second kappa shape index (κ2) is 2.17. The second-order valence-corrected chi connectivity index (χ2v) is 1.11. The Morgan fingerprint density at radius 2 is 2.62 bits per heavy atom. The maximum absolute atomic E-state index is 11.1. The van der Waals surface area contributed by atoms with Gasteiger partial charge in [0.1, 0.15) is 6.17 Å². The number of rotatable bonds is 0. The van der Waals surface area contributed by atoms with Crippen LogP contribution < -0.4 is 0 Å². The lowest BCUT2D eigenvalue weighted by Crippen LogP contribution is -1.58. The fourth-order valence-corrected chi connectivity index (χ4v) is 0.354. The van der Waals surface area contributed by atoms with E-state index in [1.807, 2.05) is 5.92 Å². The molecule has 0 aliphatic carbocycles. The van der Waals surface area contributed by atoms with E-state index in [0.29, 0.717) is 0 Å². The summed E-state index contributed by atoms with van der Waals surface area (Å²) in [5.41, 5.74) is 0. The molecular formula is C6H2FO. The SMILES string of the molecule is FC#Cc1[c]cco1. The molecule has 0 unspecified atom stereocenters. The fraction of sp³-hybridized carbons (Fsp3) is 0. The van der Waals surface area contributed by atoms with Gasteiger partial charge in [-0.25, -0.2) is 0 Å². The highest BCUT2D eigenvalue weighted by Gasteiger charge is 1.84. The second-order valence-electron chi connectivity index (χ2n) is 1.11. The maximum atomic E-state index is 11.1. The lowest BCUT2D eigenvalue weighted by atomic mass is 10.5. The van der Waals surface area contributed by atoms with Gasteiger partial charge in [-0.3, -0.25) is 0 Å². The van der Waals surface area contributed by atoms with Crippen LogP contribution in [0.15, 0.2) is 16.7 Å². The van der Waals surface area contributed by atoms with Gasteiger partial charge >= 0.3 is 0 Å². The molecule has 0 N–H and O–H groups in total. The van der Waals surface area contributed by atoms with Gasteiger partial charge in [0.15, 0.2) is 5.76 Å². The molecule has 1 radical (unpaired) electrons. The predicted octanol–water partition coefficient (Wildman–Crippen LogP) is 1.36. The van der Waals surface area contributed by atoms with Crippen molar-refractivity contribution < 1.29 is 8.81 Å². The van der Waals surface area contributed by atoms with Crippen LogP contribution in [0.25, 0.3) is 0 Å². The molecule has 0 aliphatic heterocycles. The van der Waals surface area contributed by atoms with Gasteiger partial charge in [-0.1, -0.05) is 0 Å². The van der Waals surface area contributed by atoms with Crippen LogP contribution in [0.4, 0.5) is 4.39 Å². The average Bonchev–Trinajstić information content (AvgIpc) is 2.19. The first-order valence-electron chi connectivity index (χ1n) is 2.00. The largest absolute Gasteiger partial charge is 0.455 e. The van der Waals surface area contributed by atoms with Crippen LogP contribution in [0.5, 0.6) is 0 Å². The van der Waals surface area contributed by atoms with Crippen molar-refractivity contribution >= 4 is 0 Å². The first-order chi connectivity index (χ1) is 3.93. The minimum atomic E-state index is 0.229. The molecule has 39 valence electrons. The van der Waals surface area contributed by atoms with Crippen LogP contribution in [-0.2, 0) is 0 Å². The molecule has 1 aromatic rings. The third kappa shape index (κ3) is 0.881. The minimum Gasteiger partial charge on any atom is -0.455 e. The Morgan fingerprint density at radius 1 is 1.75 bits per heavy atom. The van der Waals surface area contributed by atoms with Gasteiger partial charge in [-0.15, -0.1) is 4.39 Å². The molecule has 0 bridgehead atoms. The Hall–Kier alpha value is -1.23. The molecule has 0 saturated carbocycles. The van der Waals surface area contributed by atoms with Crippen LogP contribution in [0.3, 0.4) is 0 Å². The van der Waals surface area contributed by atoms with Gasteiger partial charge in [0, 0.05) is 12.0 Å². The normalized spacial score (nSPS) is 7.62. The summed E-state index contributed by atoms with van der Waals surface area (Å²) >= 11 is 0. The van der Waals surface area contributed by atoms with Gasteiger partial charge in [-0.2, -0.15) is 0 Å². The fourth-order valence-electron chi connectivity index (χ4n) is 0.354. The quantitative estimate of drug-likeness (QED) is 0.458. The van der Waals surface area contributed by atoms with Crippen molar-refractivity contribution in [2.75, 3.05) is 0 Å². The third-order valence-electron chi connectivity index (χ3n) is 0.629. The summed E-state index contributed by atoms with van der Waals surface area (Å²) in [5, 5.41) is 0. The van der Waals surface area contributed by atoms with E-state index in [2.05, 4.69) is 10.5 Å². The topological polar surface area (TPSA) is 13.1 Å². The monoisotopic (exact) mass is 109 g/mol. The van der Waals surface area contributed by atoms with Gasteiger partial charge in [0.25, 0.3) is 0 Å². The summed E-state index contributed by atoms with van der Waals surface area (Å²) in [6, 6.07) is 4.09. The molecule has 0 saturated heterocycles. The van der Waals surface area contributed by atoms with Crippen molar-refractivity contribution in [2.45, 2.75) is 0 Å². The van der Waals surface area contributed by atoms with E-state index in [9.17, 15) is 4.39 Å². The van der Waals surface area contributed by atoms with E-state index in [1.54, 1.807) is 0 Å². The minimum absolute atomic E-state index is 0.229. The Bertz CT molecular complexity index is 202. The highest BCUT2D eigenvalue weighted by molar-refractivity contribution is 5.20. The molecule has 1 aromatic heterocycles. The van der Waals surface area contributed by atoms with Crippen molar-refractivity contribution in [3.05, 3.63) is 24.2 Å². The van der Waals surface area contributed by atoms with Gasteiger partial charge < -0.3 is 4.42 Å². The summed E-state index contributed by atoms with van der Waals surface area (Å²) in [6.45, 7) is 0. The highest BCUT2D eigenvalue weighted by atomic mass is 19.1. The number of hydrogen-bond donors (Lipinski definition) is 0. The Labute approximate surface area is 46.1 Å². The van der Waals surface area contributed by atoms with Crippen LogP contribution in [0, 0.1) is 18.2 Å². The molecule has 0 amide bonds. The molecule has 1 rings (SSSR count).